The predicted molar refractivity (Wildman–Crippen MR) is 210 cm³/mol. The topological polar surface area (TPSA) is 186 Å². The second-order valence-electron chi connectivity index (χ2n) is 15.5. The Kier molecular flexibility index (Phi) is 8.74. The molecule has 3 aromatic heterocycles. The second kappa shape index (κ2) is 13.8. The molecule has 4 aliphatic heterocycles. The van der Waals surface area contributed by atoms with Gasteiger partial charge in [-0.25, -0.2) is 13.5 Å². The summed E-state index contributed by atoms with van der Waals surface area (Å²) in [6.07, 6.45) is 4.69. The molecule has 2 bridgehead atoms. The van der Waals surface area contributed by atoms with Gasteiger partial charge in [0.15, 0.2) is 17.4 Å². The molecular formula is C39H37ClF2N10O4S. The van der Waals surface area contributed by atoms with Gasteiger partial charge in [-0.1, -0.05) is 17.7 Å². The fourth-order valence-electron chi connectivity index (χ4n) is 8.81. The summed E-state index contributed by atoms with van der Waals surface area (Å²) in [5.74, 6) is -0.767. The third kappa shape index (κ3) is 6.12. The van der Waals surface area contributed by atoms with E-state index in [4.69, 9.17) is 36.8 Å². The highest BCUT2D eigenvalue weighted by atomic mass is 35.5. The summed E-state index contributed by atoms with van der Waals surface area (Å²) in [5, 5.41) is 21.1. The highest BCUT2D eigenvalue weighted by Gasteiger charge is 2.51. The van der Waals surface area contributed by atoms with Crippen molar-refractivity contribution in [1.29, 1.82) is 5.26 Å². The minimum absolute atomic E-state index is 0.0113. The van der Waals surface area contributed by atoms with Crippen molar-refractivity contribution in [1.82, 2.24) is 30.0 Å². The number of carbonyl (C=O) groups is 2. The van der Waals surface area contributed by atoms with Crippen LogP contribution in [-0.2, 0) is 11.3 Å². The van der Waals surface area contributed by atoms with Gasteiger partial charge in [0.1, 0.15) is 47.0 Å². The van der Waals surface area contributed by atoms with E-state index in [-0.39, 0.29) is 127 Å². The summed E-state index contributed by atoms with van der Waals surface area (Å²) in [4.78, 5) is 40.8. The van der Waals surface area contributed by atoms with E-state index in [2.05, 4.69) is 20.6 Å². The number of nitrogens with one attached hydrogen (secondary N) is 2. The number of likely N-dealkylation sites (N-methyl/N-ethyl adjacent to an activating group) is 1. The normalized spacial score (nSPS) is 23.6. The zero-order valence-corrected chi connectivity index (χ0v) is 32.4. The van der Waals surface area contributed by atoms with Crippen LogP contribution in [-0.4, -0.2) is 87.4 Å². The molecule has 1 amide bonds. The van der Waals surface area contributed by atoms with Crippen molar-refractivity contribution in [2.24, 2.45) is 5.92 Å². The summed E-state index contributed by atoms with van der Waals surface area (Å²) >= 11 is 8.01. The number of rotatable bonds is 5. The fraction of sp³-hybridized carbons (Fsp3) is 0.436. The third-order valence-corrected chi connectivity index (χ3v) is 13.2. The van der Waals surface area contributed by atoms with Crippen LogP contribution in [0.15, 0.2) is 18.2 Å². The molecule has 4 N–H and O–H groups in total. The number of halogens is 3. The van der Waals surface area contributed by atoms with Crippen molar-refractivity contribution in [3.8, 4) is 29.0 Å². The zero-order valence-electron chi connectivity index (χ0n) is 30.8. The third-order valence-electron chi connectivity index (χ3n) is 11.8. The maximum atomic E-state index is 17.5. The molecule has 3 fully saturated rings. The summed E-state index contributed by atoms with van der Waals surface area (Å²) in [5.41, 5.74) is 6.51. The number of nitrogens with zero attached hydrogens (tertiary/aromatic N) is 7. The SMILES string of the molecule is CN1CCC[C@H]1C1CCCC(=O)n2nc(NC(=O)C3NC3C3CC3)cc2CN2CCOc3c(Cl)c(-c4ccc(F)c5sc(N)c(C#N)c45)c(F)c4nc(nc2c34)O1. The van der Waals surface area contributed by atoms with Crippen LogP contribution >= 0.6 is 22.9 Å². The molecule has 7 heterocycles. The lowest BCUT2D eigenvalue weighted by atomic mass is 9.96. The summed E-state index contributed by atoms with van der Waals surface area (Å²) in [6.45, 7) is 1.23. The Labute approximate surface area is 333 Å². The Hall–Kier alpha value is -5.15. The van der Waals surface area contributed by atoms with Gasteiger partial charge in [0.05, 0.1) is 39.5 Å². The summed E-state index contributed by atoms with van der Waals surface area (Å²) < 4.78 is 47.0. The van der Waals surface area contributed by atoms with Gasteiger partial charge in [-0.15, -0.1) is 16.4 Å². The minimum atomic E-state index is -0.846. The Morgan fingerprint density at radius 3 is 2.77 bits per heavy atom. The van der Waals surface area contributed by atoms with Crippen LogP contribution in [0.2, 0.25) is 5.02 Å². The number of nitrogens with two attached hydrogens (primary N) is 1. The molecular weight excluding hydrogens is 778 g/mol. The number of nitriles is 1. The number of carbonyl (C=O) groups excluding carboxylic acids is 2. The van der Waals surface area contributed by atoms with Crippen molar-refractivity contribution >= 4 is 72.4 Å². The molecule has 1 saturated carbocycles. The number of ether oxygens (including phenoxy) is 2. The highest BCUT2D eigenvalue weighted by Crippen LogP contribution is 2.51. The first-order chi connectivity index (χ1) is 27.6. The Bertz CT molecular complexity index is 2570. The van der Waals surface area contributed by atoms with Crippen molar-refractivity contribution in [2.75, 3.05) is 42.7 Å². The van der Waals surface area contributed by atoms with Crippen LogP contribution in [0.5, 0.6) is 11.8 Å². The number of thiophene rings is 1. The largest absolute Gasteiger partial charge is 0.489 e. The maximum Gasteiger partial charge on any atom is 0.319 e. The molecule has 14 nitrogen and oxygen atoms in total. The number of anilines is 3. The highest BCUT2D eigenvalue weighted by molar-refractivity contribution is 7.23. The molecule has 0 spiro atoms. The molecule has 2 saturated heterocycles. The minimum Gasteiger partial charge on any atom is -0.489 e. The van der Waals surface area contributed by atoms with Crippen molar-refractivity contribution in [2.45, 2.75) is 75.7 Å². The number of hydrogen-bond acceptors (Lipinski definition) is 13. The molecule has 1 aliphatic carbocycles. The van der Waals surface area contributed by atoms with E-state index < -0.39 is 17.7 Å². The molecule has 5 aliphatic rings. The van der Waals surface area contributed by atoms with Crippen LogP contribution in [0.1, 0.15) is 61.0 Å². The number of benzene rings is 2. The lowest BCUT2D eigenvalue weighted by Gasteiger charge is -2.29. The predicted octanol–water partition coefficient (Wildman–Crippen LogP) is 5.85. The molecule has 4 atom stereocenters. The van der Waals surface area contributed by atoms with Gasteiger partial charge >= 0.3 is 6.01 Å². The van der Waals surface area contributed by atoms with Gasteiger partial charge in [0, 0.05) is 35.5 Å². The summed E-state index contributed by atoms with van der Waals surface area (Å²) in [6, 6.07) is 6.07. The van der Waals surface area contributed by atoms with E-state index in [9.17, 15) is 14.9 Å². The Morgan fingerprint density at radius 2 is 2.00 bits per heavy atom. The van der Waals surface area contributed by atoms with Crippen LogP contribution in [0.3, 0.4) is 0 Å². The smallest absolute Gasteiger partial charge is 0.319 e. The number of amides is 1. The lowest BCUT2D eigenvalue weighted by molar-refractivity contribution is -0.115. The Balaban J connectivity index is 1.14. The number of fused-ring (bicyclic) bond motifs is 3. The van der Waals surface area contributed by atoms with E-state index in [0.29, 0.717) is 24.5 Å². The lowest BCUT2D eigenvalue weighted by Crippen LogP contribution is -2.40. The first kappa shape index (κ1) is 36.2. The van der Waals surface area contributed by atoms with E-state index >= 15 is 8.78 Å². The molecule has 2 aromatic carbocycles. The second-order valence-corrected chi connectivity index (χ2v) is 16.9. The standard InChI is InChI=1S/C39H37ClF2N10O4S/c1-50-11-3-4-22(50)23-5-2-6-25(53)52-18(14-24(49-52)45-38(54)33-31(46-33)17-7-8-17)16-51-12-13-55-34-28-32(47-39(56-23)48-37(28)51)30(42)27(29(34)40)19-9-10-21(41)35-26(19)20(15-43)36(44)57-35/h9-10,14,17,22-23,31,33,46H,2-8,11-13,16,44H2,1H3,(H,45,49,54)/t22-,23?,31?,33?/m0/s1. The molecule has 5 aromatic rings. The van der Waals surface area contributed by atoms with Gasteiger partial charge in [0.25, 0.3) is 0 Å². The first-order valence-electron chi connectivity index (χ1n) is 19.2. The van der Waals surface area contributed by atoms with Crippen LogP contribution in [0.25, 0.3) is 32.1 Å². The number of aromatic nitrogens is 4. The maximum absolute atomic E-state index is 17.5. The fourth-order valence-corrected chi connectivity index (χ4v) is 10.1. The van der Waals surface area contributed by atoms with E-state index in [1.807, 2.05) is 18.0 Å². The van der Waals surface area contributed by atoms with Crippen LogP contribution in [0, 0.1) is 28.9 Å². The van der Waals surface area contributed by atoms with Crippen molar-refractivity contribution < 1.29 is 27.8 Å². The number of nitrogen functional groups attached to an aromatic ring is 1. The number of likely N-dealkylation sites (tertiary alicyclic amines) is 1. The molecule has 294 valence electrons. The quantitative estimate of drug-likeness (QED) is 0.180. The molecule has 10 rings (SSSR count). The first-order valence-corrected chi connectivity index (χ1v) is 20.4. The Morgan fingerprint density at radius 1 is 1.16 bits per heavy atom. The van der Waals surface area contributed by atoms with Gasteiger partial charge in [-0.3, -0.25) is 19.8 Å². The van der Waals surface area contributed by atoms with Crippen LogP contribution < -0.4 is 30.7 Å². The molecule has 3 unspecified atom stereocenters. The van der Waals surface area contributed by atoms with Crippen molar-refractivity contribution in [3.63, 3.8) is 0 Å². The zero-order chi connectivity index (χ0) is 39.3. The van der Waals surface area contributed by atoms with E-state index in [1.54, 1.807) is 6.07 Å². The van der Waals surface area contributed by atoms with Crippen LogP contribution in [0.4, 0.5) is 25.4 Å². The average Bonchev–Trinajstić information content (AvgIpc) is 4.09. The van der Waals surface area contributed by atoms with E-state index in [0.717, 1.165) is 43.6 Å². The average molecular weight is 815 g/mol. The van der Waals surface area contributed by atoms with Gasteiger partial charge in [-0.05, 0) is 69.7 Å². The number of hydrogen-bond donors (Lipinski definition) is 3. The molecule has 57 heavy (non-hydrogen) atoms. The van der Waals surface area contributed by atoms with Crippen molar-refractivity contribution in [3.05, 3.63) is 46.1 Å². The van der Waals surface area contributed by atoms with Gasteiger partial charge in [-0.2, -0.15) is 15.2 Å². The molecule has 18 heteroatoms. The summed E-state index contributed by atoms with van der Waals surface area (Å²) in [7, 11) is 2.02. The van der Waals surface area contributed by atoms with Gasteiger partial charge < -0.3 is 25.4 Å². The van der Waals surface area contributed by atoms with Gasteiger partial charge in [0.2, 0.25) is 11.8 Å². The van der Waals surface area contributed by atoms with E-state index in [1.165, 1.54) is 16.8 Å². The monoisotopic (exact) mass is 814 g/mol. The molecule has 0 radical (unpaired) electrons.